The van der Waals surface area contributed by atoms with Crippen LogP contribution in [0.3, 0.4) is 0 Å². The fraction of sp³-hybridized carbons (Fsp3) is 0.667. The van der Waals surface area contributed by atoms with E-state index in [1.807, 2.05) is 81.8 Å². The van der Waals surface area contributed by atoms with Crippen molar-refractivity contribution in [2.24, 2.45) is 0 Å². The van der Waals surface area contributed by atoms with Crippen LogP contribution < -0.4 is 15.5 Å². The quantitative estimate of drug-likeness (QED) is 0.0214. The van der Waals surface area contributed by atoms with Gasteiger partial charge in [-0.25, -0.2) is 9.59 Å². The van der Waals surface area contributed by atoms with Crippen molar-refractivity contribution < 1.29 is 61.1 Å². The first-order chi connectivity index (χ1) is 30.8. The maximum Gasteiger partial charge on any atom is 0.407 e. The van der Waals surface area contributed by atoms with E-state index in [2.05, 4.69) is 10.6 Å². The highest BCUT2D eigenvalue weighted by Gasteiger charge is 2.22. The van der Waals surface area contributed by atoms with Crippen LogP contribution in [0.1, 0.15) is 140 Å². The van der Waals surface area contributed by atoms with E-state index in [9.17, 15) is 28.6 Å². The van der Waals surface area contributed by atoms with Crippen LogP contribution in [0, 0.1) is 0 Å². The lowest BCUT2D eigenvalue weighted by atomic mass is 10.1. The van der Waals surface area contributed by atoms with Gasteiger partial charge in [0.15, 0.2) is 6.10 Å². The van der Waals surface area contributed by atoms with Gasteiger partial charge >= 0.3 is 24.1 Å². The minimum Gasteiger partial charge on any atom is -0.756 e. The van der Waals surface area contributed by atoms with Crippen molar-refractivity contribution in [1.29, 1.82) is 0 Å². The number of nitrogens with one attached hydrogen (secondary N) is 2. The number of carbonyl (C=O) groups excluding carboxylic acids is 4. The molecule has 0 aliphatic carbocycles. The fourth-order valence-electron chi connectivity index (χ4n) is 6.45. The Morgan fingerprint density at radius 2 is 0.953 bits per heavy atom. The lowest BCUT2D eigenvalue weighted by molar-refractivity contribution is -0.870. The van der Waals surface area contributed by atoms with Crippen molar-refractivity contribution in [3.05, 3.63) is 71.8 Å². The molecule has 0 fully saturated rings. The van der Waals surface area contributed by atoms with Crippen molar-refractivity contribution in [3.63, 3.8) is 0 Å². The number of ether oxygens (including phenoxy) is 4. The van der Waals surface area contributed by atoms with E-state index in [4.69, 9.17) is 28.0 Å². The largest absolute Gasteiger partial charge is 0.756 e. The maximum atomic E-state index is 12.7. The zero-order chi connectivity index (χ0) is 46.6. The van der Waals surface area contributed by atoms with Gasteiger partial charge in [-0.1, -0.05) is 151 Å². The van der Waals surface area contributed by atoms with Gasteiger partial charge in [-0.15, -0.1) is 0 Å². The Kier molecular flexibility index (Phi) is 30.9. The van der Waals surface area contributed by atoms with E-state index >= 15 is 0 Å². The standard InChI is InChI=1S/C48H78N3O12P/c1-51(2,3)36-37-61-64(56,57)62-41-44(63-46(53)33-25-15-11-7-5-9-13-17-27-35-50-48(55)60-39-43-30-22-19-23-31-43)40-58-45(52)32-24-14-10-6-4-8-12-16-26-34-49-47(54)59-38-42-28-20-18-21-29-42/h18-23,28-31,44H,4-17,24-27,32-41H2,1-3H3,(H2-,49,50,54,55,56,57). The smallest absolute Gasteiger partial charge is 0.407 e. The van der Waals surface area contributed by atoms with Crippen LogP contribution in [-0.4, -0.2) is 95.3 Å². The minimum atomic E-state index is -4.68. The number of benzene rings is 2. The second kappa shape index (κ2) is 35.3. The third-order valence-corrected chi connectivity index (χ3v) is 11.2. The number of esters is 2. The molecule has 0 saturated carbocycles. The summed E-state index contributed by atoms with van der Waals surface area (Å²) >= 11 is 0. The van der Waals surface area contributed by atoms with Crippen LogP contribution in [0.4, 0.5) is 9.59 Å². The zero-order valence-electron chi connectivity index (χ0n) is 38.9. The van der Waals surface area contributed by atoms with Gasteiger partial charge in [0.05, 0.1) is 27.7 Å². The average molecular weight is 920 g/mol. The molecule has 2 rings (SSSR count). The second-order valence-electron chi connectivity index (χ2n) is 17.2. The number of phosphoric ester groups is 1. The van der Waals surface area contributed by atoms with Crippen molar-refractivity contribution in [2.75, 3.05) is 60.6 Å². The third kappa shape index (κ3) is 33.5. The van der Waals surface area contributed by atoms with E-state index in [1.54, 1.807) is 0 Å². The van der Waals surface area contributed by atoms with Crippen molar-refractivity contribution >= 4 is 31.9 Å². The van der Waals surface area contributed by atoms with E-state index in [-0.39, 0.29) is 39.3 Å². The van der Waals surface area contributed by atoms with Crippen molar-refractivity contribution in [2.45, 2.75) is 148 Å². The number of unbranched alkanes of at least 4 members (excludes halogenated alkanes) is 16. The summed E-state index contributed by atoms with van der Waals surface area (Å²) in [5.74, 6) is -0.955. The van der Waals surface area contributed by atoms with Gasteiger partial charge < -0.3 is 48.0 Å². The molecule has 2 aromatic carbocycles. The number of alkyl carbamates (subject to hydrolysis) is 2. The molecule has 64 heavy (non-hydrogen) atoms. The van der Waals surface area contributed by atoms with Crippen LogP contribution in [-0.2, 0) is 55.4 Å². The molecule has 0 spiro atoms. The summed E-state index contributed by atoms with van der Waals surface area (Å²) in [5.41, 5.74) is 1.90. The van der Waals surface area contributed by atoms with Crippen molar-refractivity contribution in [1.82, 2.24) is 10.6 Å². The first-order valence-corrected chi connectivity index (χ1v) is 24.9. The van der Waals surface area contributed by atoms with Gasteiger partial charge in [-0.2, -0.15) is 0 Å². The van der Waals surface area contributed by atoms with Crippen LogP contribution in [0.15, 0.2) is 60.7 Å². The molecule has 2 N–H and O–H groups in total. The molecule has 0 aliphatic heterocycles. The minimum absolute atomic E-state index is 0.0671. The molecular weight excluding hydrogens is 842 g/mol. The average Bonchev–Trinajstić information content (AvgIpc) is 3.26. The van der Waals surface area contributed by atoms with Gasteiger partial charge in [0, 0.05) is 25.9 Å². The molecule has 15 nitrogen and oxygen atoms in total. The van der Waals surface area contributed by atoms with Crippen LogP contribution in [0.2, 0.25) is 0 Å². The lowest BCUT2D eigenvalue weighted by Gasteiger charge is -2.28. The summed E-state index contributed by atoms with van der Waals surface area (Å²) < 4.78 is 44.3. The molecule has 0 radical (unpaired) electrons. The van der Waals surface area contributed by atoms with Crippen LogP contribution in [0.25, 0.3) is 0 Å². The Hall–Kier alpha value is -4.01. The summed E-state index contributed by atoms with van der Waals surface area (Å²) in [5, 5.41) is 5.59. The molecule has 0 heterocycles. The van der Waals surface area contributed by atoms with E-state index in [1.165, 1.54) is 0 Å². The zero-order valence-corrected chi connectivity index (χ0v) is 39.8. The van der Waals surface area contributed by atoms with E-state index in [0.29, 0.717) is 37.0 Å². The van der Waals surface area contributed by atoms with E-state index < -0.39 is 44.7 Å². The van der Waals surface area contributed by atoms with Crippen LogP contribution in [0.5, 0.6) is 0 Å². The fourth-order valence-corrected chi connectivity index (χ4v) is 7.18. The first-order valence-electron chi connectivity index (χ1n) is 23.5. The number of phosphoric acid groups is 1. The summed E-state index contributed by atoms with van der Waals surface area (Å²) in [6.45, 7) is 1.23. The van der Waals surface area contributed by atoms with Gasteiger partial charge in [0.2, 0.25) is 0 Å². The maximum absolute atomic E-state index is 12.7. The van der Waals surface area contributed by atoms with Gasteiger partial charge in [0.25, 0.3) is 7.82 Å². The highest BCUT2D eigenvalue weighted by atomic mass is 31.2. The topological polar surface area (TPSA) is 188 Å². The predicted octanol–water partition coefficient (Wildman–Crippen LogP) is 9.30. The number of amides is 2. The lowest BCUT2D eigenvalue weighted by Crippen LogP contribution is -2.37. The van der Waals surface area contributed by atoms with Crippen LogP contribution >= 0.6 is 7.82 Å². The third-order valence-electron chi connectivity index (χ3n) is 10.2. The predicted molar refractivity (Wildman–Crippen MR) is 245 cm³/mol. The number of carbonyl (C=O) groups is 4. The van der Waals surface area contributed by atoms with E-state index in [0.717, 1.165) is 114 Å². The Morgan fingerprint density at radius 3 is 1.39 bits per heavy atom. The SMILES string of the molecule is C[N+](C)(C)CCOP(=O)([O-])OCC(COC(=O)CCCCCCCCCCCNC(=O)OCc1ccccc1)OC(=O)CCCCCCCCCCCNC(=O)OCc1ccccc1. The number of nitrogens with zero attached hydrogens (tertiary/aromatic N) is 1. The van der Waals surface area contributed by atoms with Gasteiger partial charge in [-0.05, 0) is 36.8 Å². The summed E-state index contributed by atoms with van der Waals surface area (Å²) in [7, 11) is 1.04. The monoisotopic (exact) mass is 920 g/mol. The number of hydrogen-bond donors (Lipinski definition) is 2. The highest BCUT2D eigenvalue weighted by Crippen LogP contribution is 2.38. The molecule has 16 heteroatoms. The molecule has 2 aromatic rings. The normalized spacial score (nSPS) is 12.8. The Labute approximate surface area is 382 Å². The number of quaternary nitrogens is 1. The Bertz CT molecular complexity index is 1580. The molecule has 0 bridgehead atoms. The molecular formula is C48H78N3O12P. The number of likely N-dealkylation sites (N-methyl/N-ethyl adjacent to an activating group) is 1. The molecule has 0 aromatic heterocycles. The molecule has 0 aliphatic rings. The number of hydrogen-bond acceptors (Lipinski definition) is 12. The first kappa shape index (κ1) is 56.1. The highest BCUT2D eigenvalue weighted by molar-refractivity contribution is 7.45. The molecule has 2 atom stereocenters. The summed E-state index contributed by atoms with van der Waals surface area (Å²) in [6.07, 6.45) is 16.0. The Morgan fingerprint density at radius 1 is 0.547 bits per heavy atom. The number of rotatable bonds is 38. The van der Waals surface area contributed by atoms with Gasteiger partial charge in [0.1, 0.15) is 33.0 Å². The molecule has 2 unspecified atom stereocenters. The Balaban J connectivity index is 1.53. The molecule has 2 amide bonds. The van der Waals surface area contributed by atoms with Crippen molar-refractivity contribution in [3.8, 4) is 0 Å². The molecule has 362 valence electrons. The van der Waals surface area contributed by atoms with Gasteiger partial charge in [-0.3, -0.25) is 14.2 Å². The summed E-state index contributed by atoms with van der Waals surface area (Å²) in [4.78, 5) is 61.4. The summed E-state index contributed by atoms with van der Waals surface area (Å²) in [6, 6.07) is 19.1. The second-order valence-corrected chi connectivity index (χ2v) is 18.6. The molecule has 0 saturated heterocycles.